The van der Waals surface area contributed by atoms with Gasteiger partial charge in [-0.1, -0.05) is 91.0 Å². The van der Waals surface area contributed by atoms with Crippen LogP contribution in [-0.4, -0.2) is 175 Å². The molecule has 3 aromatic rings. The summed E-state index contributed by atoms with van der Waals surface area (Å²) in [6.07, 6.45) is 14.1. The largest absolute Gasteiger partial charge is 0.508 e. The number of phenols is 1. The molecule has 109 heavy (non-hydrogen) atoms. The Balaban J connectivity index is 0.679. The highest BCUT2D eigenvalue weighted by atomic mass is 16.6. The van der Waals surface area contributed by atoms with E-state index in [4.69, 9.17) is 44.6 Å². The van der Waals surface area contributed by atoms with Gasteiger partial charge in [-0.25, -0.2) is 9.59 Å². The van der Waals surface area contributed by atoms with Crippen molar-refractivity contribution in [2.75, 3.05) is 97.6 Å². The molecule has 3 aromatic carbocycles. The number of carbonyl (C=O) groups is 9. The molecule has 2 fully saturated rings. The molecule has 0 bridgehead atoms. The van der Waals surface area contributed by atoms with Crippen molar-refractivity contribution in [2.45, 2.75) is 218 Å². The minimum atomic E-state index is -1.10. The number of anilines is 1. The number of nitrogens with one attached hydrogen (secondary N) is 8. The summed E-state index contributed by atoms with van der Waals surface area (Å²) in [5.41, 5.74) is 15.1. The SMILES string of the molecule is CC(C)[C@H](NC(=O)[C@H](N)CCCCNC(=O)CCOCCOCCOCCOCCNC(=O)COC1C#CCCCCC1)C(=O)N[C@@H](CCCNC(N)=O)C(=O)Nc1ccc(COC(=O)NCCOc2ccc3c(c2)[C@@]2(C)CCC[C@](C)(C(=O)NC(=O)[C@@]4(C)CCC[C@]5(C)c6cc(O)ccc6CC[C@@H]45)[C@@H]2CC3)cc1. The maximum absolute atomic E-state index is 14.7. The van der Waals surface area contributed by atoms with Crippen molar-refractivity contribution in [1.82, 2.24) is 37.2 Å². The van der Waals surface area contributed by atoms with Crippen LogP contribution in [0.25, 0.3) is 0 Å². The van der Waals surface area contributed by atoms with Crippen LogP contribution in [0.3, 0.4) is 0 Å². The van der Waals surface area contributed by atoms with Crippen molar-refractivity contribution in [1.29, 1.82) is 0 Å². The molecule has 0 spiro atoms. The van der Waals surface area contributed by atoms with Gasteiger partial charge in [-0.2, -0.15) is 0 Å². The van der Waals surface area contributed by atoms with E-state index in [1.54, 1.807) is 44.2 Å². The number of amides is 10. The number of fused-ring (bicyclic) bond motifs is 6. The number of aryl methyl sites for hydroxylation is 2. The highest BCUT2D eigenvalue weighted by Gasteiger charge is 2.59. The third-order valence-corrected chi connectivity index (χ3v) is 22.7. The normalized spacial score (nSPS) is 22.7. The number of rotatable bonds is 42. The van der Waals surface area contributed by atoms with Gasteiger partial charge in [-0.15, -0.1) is 5.92 Å². The van der Waals surface area contributed by atoms with Gasteiger partial charge < -0.3 is 86.9 Å². The number of hydrogen-bond donors (Lipinski definition) is 11. The number of imide groups is 1. The topological polar surface area (TPSA) is 387 Å². The zero-order valence-electron chi connectivity index (χ0n) is 64.9. The number of benzene rings is 3. The Hall–Kier alpha value is -8.39. The van der Waals surface area contributed by atoms with Crippen molar-refractivity contribution < 1.29 is 81.4 Å². The summed E-state index contributed by atoms with van der Waals surface area (Å²) in [6, 6.07) is 14.5. The summed E-state index contributed by atoms with van der Waals surface area (Å²) in [7, 11) is 0. The third kappa shape index (κ3) is 25.3. The van der Waals surface area contributed by atoms with E-state index >= 15 is 0 Å². The van der Waals surface area contributed by atoms with E-state index in [-0.39, 0.29) is 123 Å². The Bertz CT molecular complexity index is 3610. The van der Waals surface area contributed by atoms with Crippen LogP contribution in [0.15, 0.2) is 60.7 Å². The predicted molar refractivity (Wildman–Crippen MR) is 411 cm³/mol. The molecule has 0 radical (unpaired) electrons. The summed E-state index contributed by atoms with van der Waals surface area (Å²) in [6.45, 7) is 15.8. The first-order chi connectivity index (χ1) is 52.3. The number of ether oxygens (including phenoxy) is 7. The standard InChI is InChI=1S/C82H120N10O17/c1-55(2)71(91-72(96)65(83)19-12-13-38-85-69(94)33-42-103-45-47-105-49-50-106-48-46-104-43-40-86-70(95)54-108-61-17-10-8-7-9-11-18-61)74(98)90-66(20-14-39-87-77(84)101)73(97)89-59-27-21-56(22-28-59)53-109-78(102)88-41-44-107-62-30-24-58-26-32-68-80(4,64(58)52-62)35-16-37-82(68,6)76(100)92-75(99)81(5)36-15-34-79(3)63-51-60(93)29-23-57(63)25-31-67(79)81/h21-24,27-30,51-52,55,61,65-68,71,93H,7-10,12-17,19-20,25-26,31-50,53-54,83H2,1-6H3,(H,85,94)(H,86,95)(H,88,102)(H,89,97)(H,90,98)(H,91,96)(H3,84,87,101)(H,92,99,100)/t61?,65-,66+,67-,68-,71+,79-,80-,81+,82+/m1/s1. The monoisotopic (exact) mass is 1520 g/mol. The van der Waals surface area contributed by atoms with Gasteiger partial charge in [0.1, 0.15) is 49.5 Å². The average molecular weight is 1520 g/mol. The van der Waals surface area contributed by atoms with Crippen LogP contribution in [0.4, 0.5) is 15.3 Å². The number of carbonyl (C=O) groups excluding carboxylic acids is 9. The Morgan fingerprint density at radius 2 is 1.19 bits per heavy atom. The Kier molecular flexibility index (Phi) is 33.8. The van der Waals surface area contributed by atoms with E-state index in [2.05, 4.69) is 80.4 Å². The van der Waals surface area contributed by atoms with Gasteiger partial charge >= 0.3 is 12.1 Å². The number of phenolic OH excluding ortho intramolecular Hbond substituents is 1. The number of hydrogen-bond acceptors (Lipinski definition) is 18. The summed E-state index contributed by atoms with van der Waals surface area (Å²) in [4.78, 5) is 119. The van der Waals surface area contributed by atoms with Gasteiger partial charge in [0.25, 0.3) is 0 Å². The molecule has 1 unspecified atom stereocenters. The quantitative estimate of drug-likeness (QED) is 0.0148. The fourth-order valence-electron chi connectivity index (χ4n) is 16.6. The van der Waals surface area contributed by atoms with Crippen LogP contribution >= 0.6 is 0 Å². The molecule has 27 heteroatoms. The van der Waals surface area contributed by atoms with Crippen LogP contribution in [0.2, 0.25) is 0 Å². The summed E-state index contributed by atoms with van der Waals surface area (Å²) in [5, 5.41) is 32.7. The van der Waals surface area contributed by atoms with Gasteiger partial charge in [0.05, 0.1) is 76.3 Å². The molecule has 0 aromatic heterocycles. The number of primary amides is 1. The van der Waals surface area contributed by atoms with Crippen molar-refractivity contribution in [2.24, 2.45) is 40.1 Å². The lowest BCUT2D eigenvalue weighted by atomic mass is 9.49. The van der Waals surface area contributed by atoms with E-state index < -0.39 is 64.7 Å². The first-order valence-corrected chi connectivity index (χ1v) is 39.4. The van der Waals surface area contributed by atoms with Crippen LogP contribution in [0.1, 0.15) is 191 Å². The number of alkyl carbamates (subject to hydrolysis) is 1. The molecule has 2 saturated carbocycles. The van der Waals surface area contributed by atoms with E-state index in [0.717, 1.165) is 94.6 Å². The maximum Gasteiger partial charge on any atom is 0.407 e. The Labute approximate surface area is 642 Å². The Morgan fingerprint density at radius 1 is 0.587 bits per heavy atom. The minimum absolute atomic E-state index is 0.0204. The molecule has 5 aliphatic carbocycles. The first-order valence-electron chi connectivity index (χ1n) is 39.4. The van der Waals surface area contributed by atoms with Crippen LogP contribution in [0, 0.1) is 40.4 Å². The third-order valence-electron chi connectivity index (χ3n) is 22.7. The van der Waals surface area contributed by atoms with E-state index in [9.17, 15) is 48.3 Å². The average Bonchev–Trinajstić information content (AvgIpc) is 0.724. The van der Waals surface area contributed by atoms with Crippen molar-refractivity contribution in [3.8, 4) is 23.3 Å². The van der Waals surface area contributed by atoms with Crippen LogP contribution in [-0.2, 0) is 92.3 Å². The predicted octanol–water partition coefficient (Wildman–Crippen LogP) is 7.61. The van der Waals surface area contributed by atoms with Crippen molar-refractivity contribution in [3.63, 3.8) is 0 Å². The molecule has 0 saturated heterocycles. The number of unbranched alkanes of at least 4 members (excludes halogenated alkanes) is 1. The van der Waals surface area contributed by atoms with Crippen molar-refractivity contribution in [3.05, 3.63) is 88.5 Å². The summed E-state index contributed by atoms with van der Waals surface area (Å²) in [5.74, 6) is 4.15. The van der Waals surface area contributed by atoms with Gasteiger partial charge in [-0.3, -0.25) is 38.9 Å². The molecule has 8 rings (SSSR count). The molecule has 10 amide bonds. The van der Waals surface area contributed by atoms with Gasteiger partial charge in [0.15, 0.2) is 0 Å². The van der Waals surface area contributed by atoms with E-state index in [1.165, 1.54) is 11.1 Å². The van der Waals surface area contributed by atoms with Gasteiger partial charge in [0, 0.05) is 38.2 Å². The number of urea groups is 1. The van der Waals surface area contributed by atoms with Gasteiger partial charge in [-0.05, 0) is 196 Å². The Morgan fingerprint density at radius 3 is 1.84 bits per heavy atom. The second kappa shape index (κ2) is 42.7. The summed E-state index contributed by atoms with van der Waals surface area (Å²) < 4.78 is 39.4. The number of nitrogens with two attached hydrogens (primary N) is 2. The molecule has 0 heterocycles. The molecule has 27 nitrogen and oxygen atoms in total. The fraction of sp³-hybridized carbons (Fsp3) is 0.646. The smallest absolute Gasteiger partial charge is 0.407 e. The molecule has 0 aliphatic heterocycles. The maximum atomic E-state index is 14.7. The zero-order valence-corrected chi connectivity index (χ0v) is 64.9. The highest BCUT2D eigenvalue weighted by Crippen LogP contribution is 2.60. The molecular formula is C82H120N10O17. The molecule has 5 aliphatic rings. The minimum Gasteiger partial charge on any atom is -0.508 e. The zero-order chi connectivity index (χ0) is 78.4. The fourth-order valence-corrected chi connectivity index (χ4v) is 16.6. The summed E-state index contributed by atoms with van der Waals surface area (Å²) >= 11 is 0. The van der Waals surface area contributed by atoms with Crippen LogP contribution < -0.4 is 58.7 Å². The highest BCUT2D eigenvalue weighted by molar-refractivity contribution is 6.01. The van der Waals surface area contributed by atoms with Crippen molar-refractivity contribution >= 4 is 59.2 Å². The van der Waals surface area contributed by atoms with Gasteiger partial charge in [0.2, 0.25) is 41.4 Å². The lowest BCUT2D eigenvalue weighted by Crippen LogP contribution is -2.60. The molecule has 600 valence electrons. The second-order valence-electron chi connectivity index (χ2n) is 31.0. The molecule has 10 atom stereocenters. The number of aromatic hydroxyl groups is 1. The first kappa shape index (κ1) is 86.2. The van der Waals surface area contributed by atoms with E-state index in [1.807, 2.05) is 32.0 Å². The van der Waals surface area contributed by atoms with E-state index in [0.29, 0.717) is 102 Å². The molecule has 13 N–H and O–H groups in total. The lowest BCUT2D eigenvalue weighted by molar-refractivity contribution is -0.150. The molecular weight excluding hydrogens is 1400 g/mol. The van der Waals surface area contributed by atoms with Crippen LogP contribution in [0.5, 0.6) is 11.5 Å². The lowest BCUT2D eigenvalue weighted by Gasteiger charge is -2.56. The second-order valence-corrected chi connectivity index (χ2v) is 31.0.